The van der Waals surface area contributed by atoms with E-state index in [9.17, 15) is 9.18 Å². The molecule has 1 N–H and O–H groups in total. The Balaban J connectivity index is 1.78. The highest BCUT2D eigenvalue weighted by atomic mass is 19.1. The van der Waals surface area contributed by atoms with Crippen molar-refractivity contribution in [2.75, 3.05) is 14.1 Å². The third-order valence-corrected chi connectivity index (χ3v) is 4.98. The summed E-state index contributed by atoms with van der Waals surface area (Å²) in [6, 6.07) is 6.93. The molecule has 6 heteroatoms. The Labute approximate surface area is 160 Å². The SMILES string of the molecule is CC(C)Cn1nc(C(=O)N(C)C)c2c1CCC(NCc1cccc(F)c1)C2. The van der Waals surface area contributed by atoms with Gasteiger partial charge in [0, 0.05) is 44.5 Å². The zero-order valence-electron chi connectivity index (χ0n) is 16.6. The quantitative estimate of drug-likeness (QED) is 0.848. The summed E-state index contributed by atoms with van der Waals surface area (Å²) in [6.45, 7) is 5.76. The molecule has 1 atom stereocenters. The molecule has 1 aromatic heterocycles. The lowest BCUT2D eigenvalue weighted by molar-refractivity contribution is 0.0819. The maximum atomic E-state index is 13.4. The summed E-state index contributed by atoms with van der Waals surface area (Å²) >= 11 is 0. The molecule has 0 fully saturated rings. The van der Waals surface area contributed by atoms with Gasteiger partial charge in [-0.15, -0.1) is 0 Å². The molecule has 0 bridgehead atoms. The lowest BCUT2D eigenvalue weighted by atomic mass is 9.90. The predicted octanol–water partition coefficient (Wildman–Crippen LogP) is 3.03. The Hall–Kier alpha value is -2.21. The molecule has 0 radical (unpaired) electrons. The number of fused-ring (bicyclic) bond motifs is 1. The number of nitrogens with zero attached hydrogens (tertiary/aromatic N) is 3. The van der Waals surface area contributed by atoms with E-state index < -0.39 is 0 Å². The van der Waals surface area contributed by atoms with E-state index in [0.29, 0.717) is 18.2 Å². The molecule has 146 valence electrons. The fourth-order valence-electron chi connectivity index (χ4n) is 3.65. The van der Waals surface area contributed by atoms with Crippen molar-refractivity contribution in [1.82, 2.24) is 20.0 Å². The fraction of sp³-hybridized carbons (Fsp3) is 0.524. The van der Waals surface area contributed by atoms with Gasteiger partial charge in [-0.05, 0) is 42.9 Å². The molecule has 0 spiro atoms. The van der Waals surface area contributed by atoms with E-state index in [0.717, 1.165) is 36.9 Å². The number of hydrogen-bond acceptors (Lipinski definition) is 3. The van der Waals surface area contributed by atoms with Gasteiger partial charge in [-0.2, -0.15) is 5.10 Å². The Morgan fingerprint density at radius 2 is 2.19 bits per heavy atom. The molecule has 2 aromatic rings. The Morgan fingerprint density at radius 1 is 1.41 bits per heavy atom. The second-order valence-electron chi connectivity index (χ2n) is 8.00. The molecule has 0 aliphatic heterocycles. The molecule has 1 heterocycles. The van der Waals surface area contributed by atoms with Crippen LogP contribution in [0.3, 0.4) is 0 Å². The highest BCUT2D eigenvalue weighted by Crippen LogP contribution is 2.26. The van der Waals surface area contributed by atoms with Crippen molar-refractivity contribution in [2.45, 2.75) is 52.2 Å². The topological polar surface area (TPSA) is 50.2 Å². The van der Waals surface area contributed by atoms with Crippen LogP contribution < -0.4 is 5.32 Å². The van der Waals surface area contributed by atoms with Crippen molar-refractivity contribution in [1.29, 1.82) is 0 Å². The summed E-state index contributed by atoms with van der Waals surface area (Å²) in [5.41, 5.74) is 3.77. The third kappa shape index (κ3) is 4.56. The Morgan fingerprint density at radius 3 is 2.85 bits per heavy atom. The summed E-state index contributed by atoms with van der Waals surface area (Å²) in [5.74, 6) is 0.216. The van der Waals surface area contributed by atoms with Crippen molar-refractivity contribution in [3.05, 3.63) is 52.6 Å². The van der Waals surface area contributed by atoms with E-state index in [4.69, 9.17) is 0 Å². The minimum Gasteiger partial charge on any atom is -0.343 e. The maximum absolute atomic E-state index is 13.4. The zero-order chi connectivity index (χ0) is 19.6. The molecule has 27 heavy (non-hydrogen) atoms. The summed E-state index contributed by atoms with van der Waals surface area (Å²) in [7, 11) is 3.53. The lowest BCUT2D eigenvalue weighted by Gasteiger charge is -2.25. The van der Waals surface area contributed by atoms with Gasteiger partial charge in [-0.3, -0.25) is 9.48 Å². The maximum Gasteiger partial charge on any atom is 0.274 e. The highest BCUT2D eigenvalue weighted by Gasteiger charge is 2.29. The first-order chi connectivity index (χ1) is 12.8. The largest absolute Gasteiger partial charge is 0.343 e. The Kier molecular flexibility index (Phi) is 5.95. The van der Waals surface area contributed by atoms with Crippen LogP contribution in [-0.2, 0) is 25.9 Å². The molecular weight excluding hydrogens is 343 g/mol. The predicted molar refractivity (Wildman–Crippen MR) is 104 cm³/mol. The average molecular weight is 372 g/mol. The standard InChI is InChI=1S/C21H29FN4O/c1-14(2)13-26-19-9-8-17(23-12-15-6-5-7-16(22)10-15)11-18(19)20(24-26)21(27)25(3)4/h5-7,10,14,17,23H,8-9,11-13H2,1-4H3. The second kappa shape index (κ2) is 8.21. The van der Waals surface area contributed by atoms with Gasteiger partial charge in [0.25, 0.3) is 5.91 Å². The van der Waals surface area contributed by atoms with Crippen LogP contribution in [0, 0.1) is 11.7 Å². The number of carbonyl (C=O) groups is 1. The van der Waals surface area contributed by atoms with Crippen molar-refractivity contribution in [3.8, 4) is 0 Å². The molecule has 0 saturated heterocycles. The van der Waals surface area contributed by atoms with E-state index in [1.165, 1.54) is 11.8 Å². The molecule has 1 unspecified atom stereocenters. The van der Waals surface area contributed by atoms with Crippen LogP contribution in [0.15, 0.2) is 24.3 Å². The van der Waals surface area contributed by atoms with Gasteiger partial charge < -0.3 is 10.2 Å². The summed E-state index contributed by atoms with van der Waals surface area (Å²) in [6.07, 6.45) is 2.66. The lowest BCUT2D eigenvalue weighted by Crippen LogP contribution is -2.35. The third-order valence-electron chi connectivity index (χ3n) is 4.98. The number of carbonyl (C=O) groups excluding carboxylic acids is 1. The second-order valence-corrected chi connectivity index (χ2v) is 8.00. The van der Waals surface area contributed by atoms with Crippen molar-refractivity contribution in [2.24, 2.45) is 5.92 Å². The molecule has 5 nitrogen and oxygen atoms in total. The van der Waals surface area contributed by atoms with Gasteiger partial charge in [0.05, 0.1) is 0 Å². The van der Waals surface area contributed by atoms with Crippen LogP contribution in [0.2, 0.25) is 0 Å². The summed E-state index contributed by atoms with van der Waals surface area (Å²) in [5, 5.41) is 8.19. The molecule has 1 aromatic carbocycles. The van der Waals surface area contributed by atoms with Crippen LogP contribution in [0.25, 0.3) is 0 Å². The monoisotopic (exact) mass is 372 g/mol. The number of benzene rings is 1. The van der Waals surface area contributed by atoms with Crippen LogP contribution in [0.4, 0.5) is 4.39 Å². The first kappa shape index (κ1) is 19.5. The van der Waals surface area contributed by atoms with Gasteiger partial charge in [0.1, 0.15) is 5.82 Å². The van der Waals surface area contributed by atoms with Crippen molar-refractivity contribution >= 4 is 5.91 Å². The van der Waals surface area contributed by atoms with Gasteiger partial charge in [-0.1, -0.05) is 26.0 Å². The van der Waals surface area contributed by atoms with Gasteiger partial charge in [-0.25, -0.2) is 4.39 Å². The first-order valence-electron chi connectivity index (χ1n) is 9.63. The molecule has 1 aliphatic rings. The number of aromatic nitrogens is 2. The van der Waals surface area contributed by atoms with E-state index in [1.54, 1.807) is 31.1 Å². The van der Waals surface area contributed by atoms with Crippen LogP contribution >= 0.6 is 0 Å². The minimum absolute atomic E-state index is 0.0421. The highest BCUT2D eigenvalue weighted by molar-refractivity contribution is 5.93. The smallest absolute Gasteiger partial charge is 0.274 e. The Bertz CT molecular complexity index is 813. The number of nitrogens with one attached hydrogen (secondary N) is 1. The van der Waals surface area contributed by atoms with E-state index in [-0.39, 0.29) is 17.8 Å². The normalized spacial score (nSPS) is 16.4. The van der Waals surface area contributed by atoms with Crippen LogP contribution in [-0.4, -0.2) is 40.7 Å². The van der Waals surface area contributed by atoms with E-state index in [1.807, 2.05) is 10.7 Å². The molecular formula is C21H29FN4O. The summed E-state index contributed by atoms with van der Waals surface area (Å²) < 4.78 is 15.4. The van der Waals surface area contributed by atoms with Crippen molar-refractivity contribution < 1.29 is 9.18 Å². The number of halogens is 1. The molecule has 1 aliphatic carbocycles. The van der Waals surface area contributed by atoms with E-state index in [2.05, 4.69) is 24.3 Å². The van der Waals surface area contributed by atoms with Gasteiger partial charge in [0.15, 0.2) is 5.69 Å². The van der Waals surface area contributed by atoms with Gasteiger partial charge >= 0.3 is 0 Å². The van der Waals surface area contributed by atoms with Crippen LogP contribution in [0.5, 0.6) is 0 Å². The first-order valence-corrected chi connectivity index (χ1v) is 9.63. The number of hydrogen-bond donors (Lipinski definition) is 1. The molecule has 0 saturated carbocycles. The average Bonchev–Trinajstić information content (AvgIpc) is 2.96. The minimum atomic E-state index is -0.214. The van der Waals surface area contributed by atoms with Crippen molar-refractivity contribution in [3.63, 3.8) is 0 Å². The number of rotatable bonds is 6. The molecule has 3 rings (SSSR count). The molecule has 1 amide bonds. The zero-order valence-corrected chi connectivity index (χ0v) is 16.6. The summed E-state index contributed by atoms with van der Waals surface area (Å²) in [4.78, 5) is 14.2. The fourth-order valence-corrected chi connectivity index (χ4v) is 3.65. The van der Waals surface area contributed by atoms with Crippen LogP contribution in [0.1, 0.15) is 47.6 Å². The number of amides is 1. The van der Waals surface area contributed by atoms with Gasteiger partial charge in [0.2, 0.25) is 0 Å². The van der Waals surface area contributed by atoms with E-state index >= 15 is 0 Å².